The lowest BCUT2D eigenvalue weighted by Gasteiger charge is -2.34. The number of furan rings is 1. The van der Waals surface area contributed by atoms with Crippen molar-refractivity contribution in [3.63, 3.8) is 0 Å². The van der Waals surface area contributed by atoms with Gasteiger partial charge in [0.25, 0.3) is 0 Å². The normalized spacial score (nSPS) is 13.6. The summed E-state index contributed by atoms with van der Waals surface area (Å²) in [7, 11) is 0. The maximum Gasteiger partial charge on any atom is 0.333 e. The summed E-state index contributed by atoms with van der Waals surface area (Å²) in [6, 6.07) is 52.1. The molecule has 3 aromatic heterocycles. The Kier molecular flexibility index (Phi) is 3.95. The molecule has 50 heavy (non-hydrogen) atoms. The summed E-state index contributed by atoms with van der Waals surface area (Å²) < 4.78 is 12.2. The fourth-order valence-corrected chi connectivity index (χ4v) is 10.4. The van der Waals surface area contributed by atoms with E-state index in [1.54, 1.807) is 0 Å². The first-order valence-electron chi connectivity index (χ1n) is 17.5. The molecule has 2 aliphatic heterocycles. The Labute approximate surface area is 285 Å². The molecule has 1 aliphatic carbocycles. The number of rotatable bonds is 0. The van der Waals surface area contributed by atoms with Gasteiger partial charge in [-0.05, 0) is 73.8 Å². The van der Waals surface area contributed by atoms with E-state index in [-0.39, 0.29) is 6.85 Å². The Morgan fingerprint density at radius 1 is 0.460 bits per heavy atom. The summed E-state index contributed by atoms with van der Waals surface area (Å²) >= 11 is 0. The van der Waals surface area contributed by atoms with Gasteiger partial charge in [-0.2, -0.15) is 0 Å². The van der Waals surface area contributed by atoms with Gasteiger partial charge in [0.2, 0.25) is 0 Å². The molecule has 14 rings (SSSR count). The van der Waals surface area contributed by atoms with Crippen LogP contribution in [0.4, 0.5) is 0 Å². The second kappa shape index (κ2) is 8.02. The van der Waals surface area contributed by atoms with E-state index in [1.807, 2.05) is 0 Å². The number of nitrogens with zero attached hydrogens (tertiary/aromatic N) is 2. The van der Waals surface area contributed by atoms with Crippen molar-refractivity contribution >= 4 is 94.1 Å². The van der Waals surface area contributed by atoms with Crippen LogP contribution in [0, 0.1) is 0 Å². The van der Waals surface area contributed by atoms with Gasteiger partial charge in [-0.25, -0.2) is 0 Å². The summed E-state index contributed by atoms with van der Waals surface area (Å²) in [6.45, 7) is -0.0335. The molecule has 3 nitrogen and oxygen atoms in total. The lowest BCUT2D eigenvalue weighted by molar-refractivity contribution is 0.667. The molecule has 0 unspecified atom stereocenters. The molecule has 0 atom stereocenters. The summed E-state index contributed by atoms with van der Waals surface area (Å²) in [4.78, 5) is 0. The summed E-state index contributed by atoms with van der Waals surface area (Å²) in [6.07, 6.45) is 0. The van der Waals surface area contributed by atoms with E-state index in [9.17, 15) is 0 Å². The Morgan fingerprint density at radius 2 is 1.14 bits per heavy atom. The molecule has 0 spiro atoms. The SMILES string of the molecule is c1ccc2c(c1)-c1cccc3cc4c5c(c13)c1c-2cccc1n5-c1c2c(cc3c1oc1ccccc13)-c1cccc3c5ccccc5n(c13)B24. The van der Waals surface area contributed by atoms with E-state index in [2.05, 4.69) is 149 Å². The van der Waals surface area contributed by atoms with E-state index in [0.717, 1.165) is 16.6 Å². The quantitative estimate of drug-likeness (QED) is 0.153. The molecule has 0 amide bonds. The minimum atomic E-state index is -0.0335. The number of hydrogen-bond acceptors (Lipinski definition) is 1. The van der Waals surface area contributed by atoms with Gasteiger partial charge < -0.3 is 13.5 Å². The number of benzene rings is 8. The summed E-state index contributed by atoms with van der Waals surface area (Å²) in [5.74, 6) is 0. The zero-order chi connectivity index (χ0) is 32.0. The van der Waals surface area contributed by atoms with E-state index in [0.29, 0.717) is 0 Å². The fraction of sp³-hybridized carbons (Fsp3) is 0. The lowest BCUT2D eigenvalue weighted by Crippen LogP contribution is -2.55. The minimum Gasteiger partial charge on any atom is -0.454 e. The molecule has 11 aromatic rings. The number of fused-ring (bicyclic) bond motifs is 15. The molecule has 0 radical (unpaired) electrons. The standard InChI is InChI=1S/C46H23BN2O/c1-2-12-26-25(11-1)29-15-7-10-24-22-35-44-41(39(24)29)40-30(26)16-9-20-37(40)48(44)45-42-33(23-34-28-14-4-6-21-38(28)50-46(34)45)32-18-8-17-31-27-13-3-5-19-36(27)49(43(31)32)47(35)42/h1-23H. The first-order chi connectivity index (χ1) is 24.8. The zero-order valence-corrected chi connectivity index (χ0v) is 26.7. The second-order valence-corrected chi connectivity index (χ2v) is 14.3. The molecular weight excluding hydrogens is 607 g/mol. The Hall–Kier alpha value is -6.52. The van der Waals surface area contributed by atoms with E-state index >= 15 is 0 Å². The van der Waals surface area contributed by atoms with Crippen LogP contribution >= 0.6 is 0 Å². The number of aromatic nitrogens is 2. The molecule has 3 aliphatic rings. The highest BCUT2D eigenvalue weighted by atomic mass is 16.3. The monoisotopic (exact) mass is 630 g/mol. The van der Waals surface area contributed by atoms with E-state index in [1.165, 1.54) is 110 Å². The average Bonchev–Trinajstić information content (AvgIpc) is 3.80. The van der Waals surface area contributed by atoms with Crippen LogP contribution in [0.15, 0.2) is 144 Å². The van der Waals surface area contributed by atoms with Crippen molar-refractivity contribution in [2.75, 3.05) is 0 Å². The molecular formula is C46H23BN2O. The van der Waals surface area contributed by atoms with Gasteiger partial charge in [-0.1, -0.05) is 115 Å². The predicted octanol–water partition coefficient (Wildman–Crippen LogP) is 10.5. The molecule has 226 valence electrons. The Morgan fingerprint density at radius 3 is 2.04 bits per heavy atom. The largest absolute Gasteiger partial charge is 0.454 e. The molecule has 0 N–H and O–H groups in total. The highest BCUT2D eigenvalue weighted by Gasteiger charge is 2.44. The van der Waals surface area contributed by atoms with E-state index < -0.39 is 0 Å². The van der Waals surface area contributed by atoms with Gasteiger partial charge in [0, 0.05) is 48.9 Å². The fourth-order valence-electron chi connectivity index (χ4n) is 10.4. The smallest absolute Gasteiger partial charge is 0.333 e. The maximum atomic E-state index is 7.00. The predicted molar refractivity (Wildman–Crippen MR) is 209 cm³/mol. The van der Waals surface area contributed by atoms with Crippen molar-refractivity contribution in [3.8, 4) is 39.1 Å². The van der Waals surface area contributed by atoms with Crippen LogP contribution in [0.2, 0.25) is 0 Å². The van der Waals surface area contributed by atoms with Gasteiger partial charge in [0.1, 0.15) is 5.58 Å². The average molecular weight is 631 g/mol. The van der Waals surface area contributed by atoms with Crippen molar-refractivity contribution < 1.29 is 4.42 Å². The molecule has 5 heterocycles. The second-order valence-electron chi connectivity index (χ2n) is 14.3. The van der Waals surface area contributed by atoms with Crippen molar-refractivity contribution in [2.45, 2.75) is 0 Å². The van der Waals surface area contributed by atoms with Crippen LogP contribution < -0.4 is 10.9 Å². The van der Waals surface area contributed by atoms with Gasteiger partial charge in [-0.15, -0.1) is 0 Å². The highest BCUT2D eigenvalue weighted by molar-refractivity contribution is 6.90. The Bertz CT molecular complexity index is 3450. The van der Waals surface area contributed by atoms with Gasteiger partial charge >= 0.3 is 6.85 Å². The van der Waals surface area contributed by atoms with E-state index in [4.69, 9.17) is 4.42 Å². The first kappa shape index (κ1) is 24.6. The van der Waals surface area contributed by atoms with Crippen molar-refractivity contribution in [2.24, 2.45) is 0 Å². The van der Waals surface area contributed by atoms with Crippen LogP contribution in [0.5, 0.6) is 0 Å². The molecule has 0 bridgehead atoms. The third kappa shape index (κ3) is 2.51. The topological polar surface area (TPSA) is 23.0 Å². The van der Waals surface area contributed by atoms with Crippen LogP contribution in [0.3, 0.4) is 0 Å². The Balaban J connectivity index is 1.33. The highest BCUT2D eigenvalue weighted by Crippen LogP contribution is 2.52. The molecule has 8 aromatic carbocycles. The maximum absolute atomic E-state index is 7.00. The van der Waals surface area contributed by atoms with Crippen molar-refractivity contribution in [1.29, 1.82) is 0 Å². The van der Waals surface area contributed by atoms with Crippen LogP contribution in [0.25, 0.3) is 115 Å². The number of hydrogen-bond donors (Lipinski definition) is 0. The third-order valence-electron chi connectivity index (χ3n) is 12.2. The molecule has 0 saturated carbocycles. The van der Waals surface area contributed by atoms with Crippen LogP contribution in [0.1, 0.15) is 0 Å². The first-order valence-corrected chi connectivity index (χ1v) is 17.5. The molecule has 4 heteroatoms. The lowest BCUT2D eigenvalue weighted by atomic mass is 9.45. The summed E-state index contributed by atoms with van der Waals surface area (Å²) in [5, 5.41) is 10.2. The minimum absolute atomic E-state index is 0.0335. The molecule has 0 saturated heterocycles. The van der Waals surface area contributed by atoms with Gasteiger partial charge in [-0.3, -0.25) is 0 Å². The van der Waals surface area contributed by atoms with Crippen molar-refractivity contribution in [1.82, 2.24) is 9.05 Å². The van der Waals surface area contributed by atoms with Gasteiger partial charge in [0.05, 0.1) is 16.7 Å². The summed E-state index contributed by atoms with van der Waals surface area (Å²) in [5.41, 5.74) is 18.6. The number of para-hydroxylation sites is 3. The van der Waals surface area contributed by atoms with Gasteiger partial charge in [0.15, 0.2) is 5.58 Å². The van der Waals surface area contributed by atoms with Crippen LogP contribution in [-0.4, -0.2) is 15.9 Å². The van der Waals surface area contributed by atoms with Crippen LogP contribution in [-0.2, 0) is 0 Å². The third-order valence-corrected chi connectivity index (χ3v) is 12.2. The van der Waals surface area contributed by atoms with Crippen molar-refractivity contribution in [3.05, 3.63) is 140 Å². The zero-order valence-electron chi connectivity index (χ0n) is 26.7. The molecule has 0 fully saturated rings.